The third-order valence-corrected chi connectivity index (χ3v) is 11.4. The molecule has 1 aromatic carbocycles. The van der Waals surface area contributed by atoms with Crippen LogP contribution in [0.2, 0.25) is 0 Å². The van der Waals surface area contributed by atoms with E-state index in [0.717, 1.165) is 18.4 Å². The van der Waals surface area contributed by atoms with Gasteiger partial charge in [0.25, 0.3) is 5.91 Å². The Morgan fingerprint density at radius 1 is 0.761 bits per heavy atom. The molecule has 2 aliphatic heterocycles. The molecule has 0 saturated carbocycles. The summed E-state index contributed by atoms with van der Waals surface area (Å²) in [4.78, 5) is 13.2. The van der Waals surface area contributed by atoms with Gasteiger partial charge < -0.3 is 29.5 Å². The highest BCUT2D eigenvalue weighted by atomic mass is 32.2. The van der Waals surface area contributed by atoms with E-state index >= 15 is 0 Å². The summed E-state index contributed by atoms with van der Waals surface area (Å²) in [7, 11) is 0. The summed E-state index contributed by atoms with van der Waals surface area (Å²) in [5.41, 5.74) is 0.835. The lowest BCUT2D eigenvalue weighted by atomic mass is 9.86. The van der Waals surface area contributed by atoms with Crippen molar-refractivity contribution in [3.63, 3.8) is 0 Å². The number of ether oxygens (including phenoxy) is 4. The second kappa shape index (κ2) is 39.0. The molecule has 1 aromatic rings. The predicted octanol–water partition coefficient (Wildman–Crippen LogP) is 9.55. The van der Waals surface area contributed by atoms with E-state index in [1.165, 1.54) is 57.8 Å². The van der Waals surface area contributed by atoms with E-state index in [9.17, 15) is 10.1 Å². The summed E-state index contributed by atoms with van der Waals surface area (Å²) >= 11 is 0.406. The molecule has 71 heavy (non-hydrogen) atoms. The van der Waals surface area contributed by atoms with Crippen molar-refractivity contribution in [1.29, 1.82) is 0 Å². The van der Waals surface area contributed by atoms with Gasteiger partial charge in [0, 0.05) is 65.8 Å². The molecule has 6 unspecified atom stereocenters. The topological polar surface area (TPSA) is 117 Å². The molecule has 0 radical (unpaired) electrons. The minimum atomic E-state index is -0.803. The van der Waals surface area contributed by atoms with E-state index < -0.39 is 48.8 Å². The van der Waals surface area contributed by atoms with E-state index in [1.807, 2.05) is 37.3 Å². The fraction of sp³-hybridized carbons (Fsp3) is 0.450. The lowest BCUT2D eigenvalue weighted by Crippen LogP contribution is -2.60. The molecule has 2 aliphatic rings. The van der Waals surface area contributed by atoms with E-state index in [-0.39, 0.29) is 37.9 Å². The minimum absolute atomic E-state index is 0. The second-order valence-electron chi connectivity index (χ2n) is 16.0. The van der Waals surface area contributed by atoms with Gasteiger partial charge in [-0.3, -0.25) is 14.0 Å². The molecule has 2 saturated heterocycles. The number of carbonyl (C=O) groups excluding carboxylic acids is 1. The van der Waals surface area contributed by atoms with Crippen LogP contribution >= 0.6 is 12.3 Å². The van der Waals surface area contributed by atoms with E-state index in [1.54, 1.807) is 6.92 Å². The zero-order valence-corrected chi connectivity index (χ0v) is 41.8. The number of amides is 1. The van der Waals surface area contributed by atoms with Crippen LogP contribution in [0.1, 0.15) is 130 Å². The van der Waals surface area contributed by atoms with Crippen molar-refractivity contribution in [1.82, 2.24) is 5.32 Å². The molecule has 10 nitrogen and oxygen atoms in total. The number of allylic oxidation sites excluding steroid dienone is 2. The highest BCUT2D eigenvalue weighted by Gasteiger charge is 2.50. The van der Waals surface area contributed by atoms with Gasteiger partial charge in [0.1, 0.15) is 18.3 Å². The van der Waals surface area contributed by atoms with Gasteiger partial charge in [0.2, 0.25) is 0 Å². The molecule has 11 heteroatoms. The van der Waals surface area contributed by atoms with Crippen LogP contribution < -0.4 is 10.6 Å². The number of carbonyl (C=O) groups is 1. The maximum atomic E-state index is 13.2. The largest absolute Gasteiger partial charge is 0.691 e. The van der Waals surface area contributed by atoms with Gasteiger partial charge in [0.05, 0.1) is 19.3 Å². The van der Waals surface area contributed by atoms with Gasteiger partial charge in [-0.1, -0.05) is 127 Å². The Balaban J connectivity index is -0.00000118. The minimum Gasteiger partial charge on any atom is -0.691 e. The number of hydrogen-bond donors (Lipinski definition) is 1. The van der Waals surface area contributed by atoms with Crippen LogP contribution in [0, 0.1) is 160 Å². The zero-order valence-electron chi connectivity index (χ0n) is 41.0. The van der Waals surface area contributed by atoms with Crippen LogP contribution in [-0.2, 0) is 37.3 Å². The van der Waals surface area contributed by atoms with Crippen LogP contribution in [0.25, 0.3) is 0 Å². The summed E-state index contributed by atoms with van der Waals surface area (Å²) in [5, 5.41) is 17.2. The maximum absolute atomic E-state index is 13.2. The summed E-state index contributed by atoms with van der Waals surface area (Å²) in [6.45, 7) is 10.3. The number of unbranched alkanes of at least 4 members (excludes halogenated alkanes) is 9. The number of benzene rings is 1. The normalized spacial score (nSPS) is 18.9. The van der Waals surface area contributed by atoms with E-state index in [4.69, 9.17) is 23.1 Å². The number of fused-ring (bicyclic) bond motifs is 1. The molecule has 0 aromatic heterocycles. The van der Waals surface area contributed by atoms with Crippen LogP contribution in [0.5, 0.6) is 0 Å². The Hall–Kier alpha value is -6.82. The fourth-order valence-electron chi connectivity index (χ4n) is 7.01. The van der Waals surface area contributed by atoms with Gasteiger partial charge in [-0.15, -0.1) is 4.33 Å². The SMILES string of the molecule is CC#CC#CC#CC#CC#CC#CC#CC#CC#CC#CC#CC#CC(=O)N[C@@H](COC1OC2COC(c3ccccc3)OC2C(OSOO[O-])C1C)[C@H](C)[C@H](C)CC=CCCCCCCCCCCC.[HH].[HH].[HH].[HH].[HH].[HH].[HH].[HH].[HH]. The van der Waals surface area contributed by atoms with Gasteiger partial charge in [-0.25, -0.2) is 0 Å². The van der Waals surface area contributed by atoms with Crippen molar-refractivity contribution in [3.8, 4) is 142 Å². The zero-order chi connectivity index (χ0) is 50.8. The summed E-state index contributed by atoms with van der Waals surface area (Å²) in [5.74, 6) is 60.2. The number of hydrogen-bond acceptors (Lipinski definition) is 10. The first kappa shape index (κ1) is 58.5. The van der Waals surface area contributed by atoms with Gasteiger partial charge >= 0.3 is 0 Å². The summed E-state index contributed by atoms with van der Waals surface area (Å²) < 4.78 is 35.7. The third kappa shape index (κ3) is 26.1. The lowest BCUT2D eigenvalue weighted by Gasteiger charge is -2.48. The van der Waals surface area contributed by atoms with Gasteiger partial charge in [-0.2, -0.15) is 0 Å². The van der Waals surface area contributed by atoms with E-state index in [0.29, 0.717) is 12.3 Å². The quantitative estimate of drug-likeness (QED) is 0.0284. The molecular formula is C60H76NO9S-. The third-order valence-electron chi connectivity index (χ3n) is 11.0. The average Bonchev–Trinajstić information content (AvgIpc) is 3.38. The molecular weight excluding hydrogens is 911 g/mol. The Morgan fingerprint density at radius 3 is 1.85 bits per heavy atom. The Morgan fingerprint density at radius 2 is 1.30 bits per heavy atom. The van der Waals surface area contributed by atoms with Crippen LogP contribution in [0.4, 0.5) is 0 Å². The maximum Gasteiger partial charge on any atom is 0.297 e. The fourth-order valence-corrected chi connectivity index (χ4v) is 7.44. The average molecular weight is 987 g/mol. The first-order valence-corrected chi connectivity index (χ1v) is 24.3. The van der Waals surface area contributed by atoms with Crippen molar-refractivity contribution in [3.05, 3.63) is 48.0 Å². The second-order valence-corrected chi connectivity index (χ2v) is 16.5. The Labute approximate surface area is 440 Å². The van der Waals surface area contributed by atoms with Crippen LogP contribution in [0.3, 0.4) is 0 Å². The molecule has 0 aliphatic carbocycles. The van der Waals surface area contributed by atoms with Crippen LogP contribution in [0.15, 0.2) is 42.5 Å². The smallest absolute Gasteiger partial charge is 0.297 e. The summed E-state index contributed by atoms with van der Waals surface area (Å²) in [6.07, 6.45) is 14.7. The Bertz CT molecular complexity index is 2700. The molecule has 0 spiro atoms. The molecule has 1 amide bonds. The number of nitrogens with one attached hydrogen (secondary N) is 1. The number of rotatable bonds is 23. The van der Waals surface area contributed by atoms with Crippen molar-refractivity contribution in [2.75, 3.05) is 13.2 Å². The predicted molar refractivity (Wildman–Crippen MR) is 292 cm³/mol. The standard InChI is InChI=1S/C60H59NO9S.9H2/c1-6-8-10-12-14-16-18-20-21-22-23-24-25-26-27-28-29-30-32-34-36-38-43-47-56(62)61-54(51(4)50(3)44-40-37-35-33-31-19-17-15-13-11-9-7-2)48-64-59-52(5)57(68-71-70-69-63)58-55(66-59)49-65-60(67-58)53-45-41-39-42-46-53;;;;;;;;;/h37,39-42,45-46,50-52,54-55,57-60,63H,7,9,11,13,15,17,19,31,33,35,44,48-49H2,1-5H3,(H,61,62);9*1H/p-1/t50-,51-,52?,54+,55?,57?,58?,59?,60?;;;;;;;;;/m1........./s1. The van der Waals surface area contributed by atoms with Crippen LogP contribution in [-0.4, -0.2) is 49.8 Å². The Kier molecular flexibility index (Phi) is 32.1. The summed E-state index contributed by atoms with van der Waals surface area (Å²) in [6, 6.07) is 9.06. The van der Waals surface area contributed by atoms with Gasteiger partial charge in [0.15, 0.2) is 24.9 Å². The molecule has 2 fully saturated rings. The molecule has 3 rings (SSSR count). The van der Waals surface area contributed by atoms with Gasteiger partial charge in [-0.05, 0) is 133 Å². The highest BCUT2D eigenvalue weighted by Crippen LogP contribution is 2.39. The van der Waals surface area contributed by atoms with Crippen molar-refractivity contribution in [2.45, 2.75) is 142 Å². The van der Waals surface area contributed by atoms with Crippen molar-refractivity contribution < 1.29 is 55.4 Å². The molecule has 382 valence electrons. The molecule has 1 N–H and O–H groups in total. The first-order chi connectivity index (χ1) is 34.9. The monoisotopic (exact) mass is 987 g/mol. The highest BCUT2D eigenvalue weighted by molar-refractivity contribution is 7.89. The molecule has 9 atom stereocenters. The molecule has 0 bridgehead atoms. The van der Waals surface area contributed by atoms with E-state index in [2.05, 4.69) is 190 Å². The van der Waals surface area contributed by atoms with Crippen molar-refractivity contribution >= 4 is 18.2 Å². The lowest BCUT2D eigenvalue weighted by molar-refractivity contribution is -0.777. The molecule has 2 heterocycles. The van der Waals surface area contributed by atoms with Crippen molar-refractivity contribution in [2.24, 2.45) is 17.8 Å². The first-order valence-electron chi connectivity index (χ1n) is 23.6.